The predicted molar refractivity (Wildman–Crippen MR) is 65.4 cm³/mol. The summed E-state index contributed by atoms with van der Waals surface area (Å²) in [7, 11) is 1.83. The first kappa shape index (κ1) is 12.1. The fourth-order valence-electron chi connectivity index (χ4n) is 1.65. The molecule has 0 fully saturated rings. The molecule has 90 valence electrons. The molecule has 17 heavy (non-hydrogen) atoms. The molecule has 2 rings (SSSR count). The van der Waals surface area contributed by atoms with Crippen molar-refractivity contribution in [3.63, 3.8) is 0 Å². The van der Waals surface area contributed by atoms with E-state index >= 15 is 0 Å². The van der Waals surface area contributed by atoms with Gasteiger partial charge in [-0.15, -0.1) is 0 Å². The Morgan fingerprint density at radius 1 is 1.41 bits per heavy atom. The molecule has 0 aliphatic carbocycles. The lowest BCUT2D eigenvalue weighted by molar-refractivity contribution is 0.622. The molecule has 0 aliphatic heterocycles. The lowest BCUT2D eigenvalue weighted by atomic mass is 10.0. The maximum absolute atomic E-state index is 13.2. The zero-order valence-electron chi connectivity index (χ0n) is 9.61. The van der Waals surface area contributed by atoms with Gasteiger partial charge in [-0.2, -0.15) is 5.10 Å². The van der Waals surface area contributed by atoms with E-state index in [1.807, 2.05) is 20.0 Å². The van der Waals surface area contributed by atoms with E-state index in [0.29, 0.717) is 16.3 Å². The standard InChI is InChI=1S/C12H13ClFN3/c1-7-5-11(16-17(7)2)12(15)9-6-8(14)3-4-10(9)13/h3-6,12H,15H2,1-2H3. The quantitative estimate of drug-likeness (QED) is 0.894. The Morgan fingerprint density at radius 3 is 2.71 bits per heavy atom. The van der Waals surface area contributed by atoms with Crippen molar-refractivity contribution in [1.29, 1.82) is 0 Å². The number of nitrogens with two attached hydrogens (primary N) is 1. The SMILES string of the molecule is Cc1cc(C(N)c2cc(F)ccc2Cl)nn1C. The van der Waals surface area contributed by atoms with Gasteiger partial charge in [0, 0.05) is 17.8 Å². The van der Waals surface area contributed by atoms with Gasteiger partial charge in [0.2, 0.25) is 0 Å². The Bertz CT molecular complexity index is 531. The summed E-state index contributed by atoms with van der Waals surface area (Å²) in [4.78, 5) is 0. The summed E-state index contributed by atoms with van der Waals surface area (Å²) < 4.78 is 14.9. The second-order valence-corrected chi connectivity index (χ2v) is 4.38. The molecule has 0 bridgehead atoms. The summed E-state index contributed by atoms with van der Waals surface area (Å²) >= 11 is 6.01. The van der Waals surface area contributed by atoms with Crippen LogP contribution in [-0.4, -0.2) is 9.78 Å². The van der Waals surface area contributed by atoms with Crippen molar-refractivity contribution < 1.29 is 4.39 Å². The summed E-state index contributed by atoms with van der Waals surface area (Å²) in [5.74, 6) is -0.354. The van der Waals surface area contributed by atoms with Crippen LogP contribution in [0.1, 0.15) is 23.0 Å². The maximum Gasteiger partial charge on any atom is 0.123 e. The van der Waals surface area contributed by atoms with Crippen molar-refractivity contribution in [2.45, 2.75) is 13.0 Å². The minimum absolute atomic E-state index is 0.354. The van der Waals surface area contributed by atoms with E-state index in [4.69, 9.17) is 17.3 Å². The van der Waals surface area contributed by atoms with Gasteiger partial charge >= 0.3 is 0 Å². The average molecular weight is 254 g/mol. The van der Waals surface area contributed by atoms with Crippen LogP contribution in [0.15, 0.2) is 24.3 Å². The van der Waals surface area contributed by atoms with Crippen LogP contribution < -0.4 is 5.73 Å². The molecule has 1 aromatic heterocycles. The van der Waals surface area contributed by atoms with Crippen LogP contribution in [0, 0.1) is 12.7 Å². The summed E-state index contributed by atoms with van der Waals surface area (Å²) in [6, 6.07) is 5.51. The van der Waals surface area contributed by atoms with Gasteiger partial charge in [0.15, 0.2) is 0 Å². The molecule has 1 unspecified atom stereocenters. The average Bonchev–Trinajstić information content (AvgIpc) is 2.62. The summed E-state index contributed by atoms with van der Waals surface area (Å²) in [6.45, 7) is 1.93. The molecule has 1 aromatic carbocycles. The van der Waals surface area contributed by atoms with Gasteiger partial charge in [-0.3, -0.25) is 4.68 Å². The number of rotatable bonds is 2. The smallest absolute Gasteiger partial charge is 0.123 e. The van der Waals surface area contributed by atoms with Crippen molar-refractivity contribution >= 4 is 11.6 Å². The Labute approximate surface area is 104 Å². The molecule has 2 N–H and O–H groups in total. The lowest BCUT2D eigenvalue weighted by Gasteiger charge is -2.11. The number of hydrogen-bond acceptors (Lipinski definition) is 2. The molecule has 3 nitrogen and oxygen atoms in total. The molecular formula is C12H13ClFN3. The van der Waals surface area contributed by atoms with E-state index in [-0.39, 0.29) is 5.82 Å². The monoisotopic (exact) mass is 253 g/mol. The van der Waals surface area contributed by atoms with E-state index in [2.05, 4.69) is 5.10 Å². The minimum Gasteiger partial charge on any atom is -0.319 e. The van der Waals surface area contributed by atoms with Crippen LogP contribution in [0.4, 0.5) is 4.39 Å². The molecule has 0 amide bonds. The summed E-state index contributed by atoms with van der Waals surface area (Å²) in [6.07, 6.45) is 0. The van der Waals surface area contributed by atoms with Gasteiger partial charge in [0.1, 0.15) is 5.82 Å². The number of aromatic nitrogens is 2. The minimum atomic E-state index is -0.516. The highest BCUT2D eigenvalue weighted by Gasteiger charge is 2.16. The van der Waals surface area contributed by atoms with Gasteiger partial charge in [0.25, 0.3) is 0 Å². The number of benzene rings is 1. The van der Waals surface area contributed by atoms with Crippen molar-refractivity contribution in [2.75, 3.05) is 0 Å². The molecule has 1 atom stereocenters. The zero-order chi connectivity index (χ0) is 12.6. The molecule has 0 aliphatic rings. The van der Waals surface area contributed by atoms with Gasteiger partial charge in [-0.25, -0.2) is 4.39 Å². The van der Waals surface area contributed by atoms with Gasteiger partial charge in [0.05, 0.1) is 11.7 Å². The molecular weight excluding hydrogens is 241 g/mol. The number of aryl methyl sites for hydroxylation is 2. The Kier molecular flexibility index (Phi) is 3.17. The van der Waals surface area contributed by atoms with E-state index in [1.54, 1.807) is 4.68 Å². The van der Waals surface area contributed by atoms with Crippen molar-refractivity contribution in [1.82, 2.24) is 9.78 Å². The van der Waals surface area contributed by atoms with Crippen molar-refractivity contribution in [3.05, 3.63) is 52.1 Å². The summed E-state index contributed by atoms with van der Waals surface area (Å²) in [5.41, 5.74) is 8.25. The highest BCUT2D eigenvalue weighted by atomic mass is 35.5. The van der Waals surface area contributed by atoms with Crippen molar-refractivity contribution in [3.8, 4) is 0 Å². The van der Waals surface area contributed by atoms with Crippen LogP contribution in [-0.2, 0) is 7.05 Å². The predicted octanol–water partition coefficient (Wildman–Crippen LogP) is 2.57. The van der Waals surface area contributed by atoms with Crippen LogP contribution in [0.3, 0.4) is 0 Å². The first-order chi connectivity index (χ1) is 7.99. The third kappa shape index (κ3) is 2.33. The molecule has 0 saturated heterocycles. The second-order valence-electron chi connectivity index (χ2n) is 3.98. The zero-order valence-corrected chi connectivity index (χ0v) is 10.4. The lowest BCUT2D eigenvalue weighted by Crippen LogP contribution is -2.13. The van der Waals surface area contributed by atoms with Gasteiger partial charge < -0.3 is 5.73 Å². The third-order valence-electron chi connectivity index (χ3n) is 2.74. The molecule has 5 heteroatoms. The van der Waals surface area contributed by atoms with E-state index in [0.717, 1.165) is 5.69 Å². The number of halogens is 2. The number of hydrogen-bond donors (Lipinski definition) is 1. The normalized spacial score (nSPS) is 12.8. The fraction of sp³-hybridized carbons (Fsp3) is 0.250. The Hall–Kier alpha value is -1.39. The van der Waals surface area contributed by atoms with Crippen LogP contribution in [0.5, 0.6) is 0 Å². The molecule has 0 saturated carbocycles. The topological polar surface area (TPSA) is 43.8 Å². The van der Waals surface area contributed by atoms with E-state index < -0.39 is 6.04 Å². The molecule has 0 spiro atoms. The van der Waals surface area contributed by atoms with Crippen LogP contribution in [0.2, 0.25) is 5.02 Å². The van der Waals surface area contributed by atoms with E-state index in [9.17, 15) is 4.39 Å². The first-order valence-electron chi connectivity index (χ1n) is 5.20. The first-order valence-corrected chi connectivity index (χ1v) is 5.58. The number of nitrogens with zero attached hydrogens (tertiary/aromatic N) is 2. The molecule has 1 heterocycles. The Morgan fingerprint density at radius 2 is 2.12 bits per heavy atom. The van der Waals surface area contributed by atoms with Crippen LogP contribution in [0.25, 0.3) is 0 Å². The maximum atomic E-state index is 13.2. The highest BCUT2D eigenvalue weighted by molar-refractivity contribution is 6.31. The summed E-state index contributed by atoms with van der Waals surface area (Å²) in [5, 5.41) is 4.71. The molecule has 2 aromatic rings. The van der Waals surface area contributed by atoms with E-state index in [1.165, 1.54) is 18.2 Å². The Balaban J connectivity index is 2.42. The van der Waals surface area contributed by atoms with Crippen LogP contribution >= 0.6 is 11.6 Å². The highest BCUT2D eigenvalue weighted by Crippen LogP contribution is 2.26. The van der Waals surface area contributed by atoms with Gasteiger partial charge in [-0.1, -0.05) is 11.6 Å². The fourth-order valence-corrected chi connectivity index (χ4v) is 1.89. The largest absolute Gasteiger partial charge is 0.319 e. The third-order valence-corrected chi connectivity index (χ3v) is 3.09. The molecule has 0 radical (unpaired) electrons. The second kappa shape index (κ2) is 4.47. The van der Waals surface area contributed by atoms with Gasteiger partial charge in [-0.05, 0) is 36.8 Å². The van der Waals surface area contributed by atoms with Crippen molar-refractivity contribution in [2.24, 2.45) is 12.8 Å².